The lowest BCUT2D eigenvalue weighted by Crippen LogP contribution is -2.30. The second-order valence-corrected chi connectivity index (χ2v) is 6.16. The number of nitrogens with zero attached hydrogens (tertiary/aromatic N) is 1. The number of amides is 1. The van der Waals surface area contributed by atoms with Crippen LogP contribution >= 0.6 is 34.8 Å². The van der Waals surface area contributed by atoms with Crippen LogP contribution in [-0.4, -0.2) is 18.0 Å². The van der Waals surface area contributed by atoms with Gasteiger partial charge in [-0.2, -0.15) is 5.26 Å². The Balaban J connectivity index is 2.07. The molecule has 0 radical (unpaired) electrons. The standard InChI is InChI=1S/C17H11Cl3N2O3/c1-9(25-17(24)15-12(18)3-2-4-13(15)19)16(23)22-11-6-5-10(8-21)14(20)7-11/h2-7,9H,1H3,(H,22,23). The summed E-state index contributed by atoms with van der Waals surface area (Å²) in [6.07, 6.45) is -1.10. The van der Waals surface area contributed by atoms with Crippen molar-refractivity contribution < 1.29 is 14.3 Å². The highest BCUT2D eigenvalue weighted by atomic mass is 35.5. The van der Waals surface area contributed by atoms with Gasteiger partial charge < -0.3 is 10.1 Å². The molecule has 8 heteroatoms. The van der Waals surface area contributed by atoms with E-state index < -0.39 is 18.0 Å². The average Bonchev–Trinajstić information content (AvgIpc) is 2.54. The molecule has 1 atom stereocenters. The second-order valence-electron chi connectivity index (χ2n) is 4.94. The fourth-order valence-electron chi connectivity index (χ4n) is 1.89. The lowest BCUT2D eigenvalue weighted by atomic mass is 10.2. The van der Waals surface area contributed by atoms with E-state index in [0.717, 1.165) is 0 Å². The minimum atomic E-state index is -1.10. The van der Waals surface area contributed by atoms with Crippen molar-refractivity contribution in [1.82, 2.24) is 0 Å². The zero-order chi connectivity index (χ0) is 18.6. The van der Waals surface area contributed by atoms with Crippen LogP contribution in [0.5, 0.6) is 0 Å². The largest absolute Gasteiger partial charge is 0.449 e. The van der Waals surface area contributed by atoms with E-state index in [2.05, 4.69) is 5.32 Å². The summed E-state index contributed by atoms with van der Waals surface area (Å²) in [5.41, 5.74) is 0.645. The Morgan fingerprint density at radius 3 is 2.32 bits per heavy atom. The molecule has 1 unspecified atom stereocenters. The van der Waals surface area contributed by atoms with Crippen molar-refractivity contribution in [1.29, 1.82) is 5.26 Å². The summed E-state index contributed by atoms with van der Waals surface area (Å²) < 4.78 is 5.10. The fourth-order valence-corrected chi connectivity index (χ4v) is 2.67. The first-order valence-electron chi connectivity index (χ1n) is 6.99. The first-order chi connectivity index (χ1) is 11.8. The van der Waals surface area contributed by atoms with E-state index in [0.29, 0.717) is 5.69 Å². The van der Waals surface area contributed by atoms with Gasteiger partial charge in [0.2, 0.25) is 0 Å². The number of anilines is 1. The Morgan fingerprint density at radius 2 is 1.76 bits per heavy atom. The van der Waals surface area contributed by atoms with Crippen molar-refractivity contribution in [3.8, 4) is 6.07 Å². The van der Waals surface area contributed by atoms with Gasteiger partial charge in [0.05, 0.1) is 26.2 Å². The Labute approximate surface area is 159 Å². The highest BCUT2D eigenvalue weighted by Crippen LogP contribution is 2.25. The van der Waals surface area contributed by atoms with Gasteiger partial charge in [0.25, 0.3) is 5.91 Å². The first kappa shape index (κ1) is 19.1. The molecule has 0 spiro atoms. The smallest absolute Gasteiger partial charge is 0.341 e. The molecular formula is C17H11Cl3N2O3. The number of rotatable bonds is 4. The molecule has 25 heavy (non-hydrogen) atoms. The third-order valence-corrected chi connectivity index (χ3v) is 4.12. The van der Waals surface area contributed by atoms with E-state index in [1.807, 2.05) is 6.07 Å². The topological polar surface area (TPSA) is 79.2 Å². The van der Waals surface area contributed by atoms with Crippen molar-refractivity contribution in [3.05, 3.63) is 62.6 Å². The highest BCUT2D eigenvalue weighted by molar-refractivity contribution is 6.39. The second kappa shape index (κ2) is 8.21. The zero-order valence-electron chi connectivity index (χ0n) is 12.8. The predicted molar refractivity (Wildman–Crippen MR) is 96.1 cm³/mol. The molecule has 2 rings (SSSR count). The molecule has 2 aromatic rings. The van der Waals surface area contributed by atoms with E-state index in [1.54, 1.807) is 6.07 Å². The van der Waals surface area contributed by atoms with Crippen LogP contribution in [0.25, 0.3) is 0 Å². The summed E-state index contributed by atoms with van der Waals surface area (Å²) in [4.78, 5) is 24.3. The Morgan fingerprint density at radius 1 is 1.12 bits per heavy atom. The number of nitrogens with one attached hydrogen (secondary N) is 1. The number of halogens is 3. The summed E-state index contributed by atoms with van der Waals surface area (Å²) in [7, 11) is 0. The maximum atomic E-state index is 12.2. The van der Waals surface area contributed by atoms with Gasteiger partial charge in [0.1, 0.15) is 6.07 Å². The molecule has 5 nitrogen and oxygen atoms in total. The summed E-state index contributed by atoms with van der Waals surface area (Å²) >= 11 is 17.8. The van der Waals surface area contributed by atoms with Gasteiger partial charge in [-0.25, -0.2) is 4.79 Å². The lowest BCUT2D eigenvalue weighted by molar-refractivity contribution is -0.123. The maximum Gasteiger partial charge on any atom is 0.341 e. The quantitative estimate of drug-likeness (QED) is 0.758. The monoisotopic (exact) mass is 396 g/mol. The average molecular weight is 398 g/mol. The highest BCUT2D eigenvalue weighted by Gasteiger charge is 2.22. The van der Waals surface area contributed by atoms with Crippen molar-refractivity contribution >= 4 is 52.4 Å². The summed E-state index contributed by atoms with van der Waals surface area (Å²) in [5, 5.41) is 11.8. The molecule has 1 amide bonds. The third-order valence-electron chi connectivity index (χ3n) is 3.18. The Bertz CT molecular complexity index is 858. The van der Waals surface area contributed by atoms with E-state index in [-0.39, 0.29) is 26.2 Å². The van der Waals surface area contributed by atoms with E-state index in [9.17, 15) is 9.59 Å². The SMILES string of the molecule is CC(OC(=O)c1c(Cl)cccc1Cl)C(=O)Nc1ccc(C#N)c(Cl)c1. The van der Waals surface area contributed by atoms with Gasteiger partial charge in [-0.1, -0.05) is 40.9 Å². The number of benzene rings is 2. The van der Waals surface area contributed by atoms with Crippen LogP contribution in [0.1, 0.15) is 22.8 Å². The number of hydrogen-bond acceptors (Lipinski definition) is 4. The van der Waals surface area contributed by atoms with Gasteiger partial charge in [-0.05, 0) is 37.3 Å². The van der Waals surface area contributed by atoms with Crippen LogP contribution in [0.2, 0.25) is 15.1 Å². The summed E-state index contributed by atoms with van der Waals surface area (Å²) in [5.74, 6) is -1.38. The Hall–Kier alpha value is -2.26. The maximum absolute atomic E-state index is 12.2. The molecule has 0 aliphatic carbocycles. The number of ether oxygens (including phenoxy) is 1. The van der Waals surface area contributed by atoms with Crippen LogP contribution < -0.4 is 5.32 Å². The lowest BCUT2D eigenvalue weighted by Gasteiger charge is -2.15. The van der Waals surface area contributed by atoms with Crippen molar-refractivity contribution in [2.24, 2.45) is 0 Å². The third kappa shape index (κ3) is 4.64. The van der Waals surface area contributed by atoms with Crippen molar-refractivity contribution in [3.63, 3.8) is 0 Å². The Kier molecular flexibility index (Phi) is 6.27. The molecule has 0 bridgehead atoms. The minimum absolute atomic E-state index is 0.00750. The van der Waals surface area contributed by atoms with Crippen LogP contribution in [0.3, 0.4) is 0 Å². The van der Waals surface area contributed by atoms with Crippen LogP contribution in [0, 0.1) is 11.3 Å². The fraction of sp³-hybridized carbons (Fsp3) is 0.118. The number of nitriles is 1. The molecule has 0 saturated carbocycles. The normalized spacial score (nSPS) is 11.3. The molecule has 0 aliphatic heterocycles. The van der Waals surface area contributed by atoms with Gasteiger partial charge in [-0.3, -0.25) is 4.79 Å². The molecule has 0 heterocycles. The molecule has 0 saturated heterocycles. The molecule has 2 aromatic carbocycles. The first-order valence-corrected chi connectivity index (χ1v) is 8.12. The predicted octanol–water partition coefficient (Wildman–Crippen LogP) is 4.70. The molecule has 0 aromatic heterocycles. The van der Waals surface area contributed by atoms with Gasteiger partial charge in [0.15, 0.2) is 6.10 Å². The molecule has 128 valence electrons. The number of hydrogen-bond donors (Lipinski definition) is 1. The number of esters is 1. The number of carbonyl (C=O) groups excluding carboxylic acids is 2. The molecule has 1 N–H and O–H groups in total. The minimum Gasteiger partial charge on any atom is -0.449 e. The summed E-state index contributed by atoms with van der Waals surface area (Å²) in [6, 6.07) is 10.9. The zero-order valence-corrected chi connectivity index (χ0v) is 15.1. The number of carbonyl (C=O) groups is 2. The van der Waals surface area contributed by atoms with Gasteiger partial charge in [0, 0.05) is 5.69 Å². The summed E-state index contributed by atoms with van der Waals surface area (Å²) in [6.45, 7) is 1.41. The van der Waals surface area contributed by atoms with Gasteiger partial charge >= 0.3 is 5.97 Å². The van der Waals surface area contributed by atoms with Crippen LogP contribution in [0.15, 0.2) is 36.4 Å². The molecule has 0 fully saturated rings. The van der Waals surface area contributed by atoms with E-state index >= 15 is 0 Å². The van der Waals surface area contributed by atoms with E-state index in [4.69, 9.17) is 44.8 Å². The molecule has 0 aliphatic rings. The van der Waals surface area contributed by atoms with Gasteiger partial charge in [-0.15, -0.1) is 0 Å². The van der Waals surface area contributed by atoms with Crippen LogP contribution in [-0.2, 0) is 9.53 Å². The van der Waals surface area contributed by atoms with Crippen molar-refractivity contribution in [2.45, 2.75) is 13.0 Å². The van der Waals surface area contributed by atoms with Crippen LogP contribution in [0.4, 0.5) is 5.69 Å². The van der Waals surface area contributed by atoms with E-state index in [1.165, 1.54) is 37.3 Å². The van der Waals surface area contributed by atoms with Crippen molar-refractivity contribution in [2.75, 3.05) is 5.32 Å². The molecular weight excluding hydrogens is 387 g/mol.